The number of pyridine rings is 1. The molecule has 8 heteroatoms. The molecule has 1 aliphatic rings. The third-order valence-electron chi connectivity index (χ3n) is 4.20. The molecule has 2 N–H and O–H groups in total. The van der Waals surface area contributed by atoms with E-state index in [0.29, 0.717) is 5.56 Å². The predicted molar refractivity (Wildman–Crippen MR) is 84.4 cm³/mol. The van der Waals surface area contributed by atoms with E-state index >= 15 is 4.39 Å². The summed E-state index contributed by atoms with van der Waals surface area (Å²) in [6.07, 6.45) is -0.523. The summed E-state index contributed by atoms with van der Waals surface area (Å²) in [5, 5.41) is 12.4. The molecule has 1 heterocycles. The number of nitrogens with one attached hydrogen (secondary N) is 1. The van der Waals surface area contributed by atoms with Crippen LogP contribution >= 0.6 is 11.6 Å². The Hall–Kier alpha value is -2.12. The first kappa shape index (κ1) is 17.7. The summed E-state index contributed by atoms with van der Waals surface area (Å²) in [5.41, 5.74) is -2.44. The Morgan fingerprint density at radius 3 is 2.84 bits per heavy atom. The predicted octanol–water partition coefficient (Wildman–Crippen LogP) is 3.32. The highest BCUT2D eigenvalue weighted by molar-refractivity contribution is 6.31. The van der Waals surface area contributed by atoms with E-state index in [1.54, 1.807) is 0 Å². The molecule has 25 heavy (non-hydrogen) atoms. The van der Waals surface area contributed by atoms with Gasteiger partial charge in [-0.05, 0) is 36.6 Å². The van der Waals surface area contributed by atoms with Crippen LogP contribution in [0.1, 0.15) is 35.8 Å². The van der Waals surface area contributed by atoms with Crippen molar-refractivity contribution in [1.82, 2.24) is 10.3 Å². The normalized spacial score (nSPS) is 22.4. The largest absolute Gasteiger partial charge is 0.387 e. The monoisotopic (exact) mass is 370 g/mol. The molecule has 3 rings (SSSR count). The van der Waals surface area contributed by atoms with Gasteiger partial charge in [-0.25, -0.2) is 13.2 Å². The van der Waals surface area contributed by atoms with E-state index in [1.807, 2.05) is 0 Å². The highest BCUT2D eigenvalue weighted by Crippen LogP contribution is 2.42. The van der Waals surface area contributed by atoms with Crippen LogP contribution in [0.25, 0.3) is 0 Å². The van der Waals surface area contributed by atoms with Gasteiger partial charge in [-0.15, -0.1) is 0 Å². The summed E-state index contributed by atoms with van der Waals surface area (Å²) < 4.78 is 41.9. The summed E-state index contributed by atoms with van der Waals surface area (Å²) in [7, 11) is 0. The minimum atomic E-state index is -2.52. The first-order valence-corrected chi connectivity index (χ1v) is 7.94. The second-order valence-electron chi connectivity index (χ2n) is 5.86. The molecule has 1 aromatic heterocycles. The standard InChI is InChI=1S/C17H14ClF3N2O2/c18-13-6-10(19)2-1-9(13)7-23-16(25)17(21)4-3-14(24)15-12(17)5-11(20)8-22-15/h1-2,5-6,8,14,24H,3-4,7H2,(H,23,25). The summed E-state index contributed by atoms with van der Waals surface area (Å²) in [4.78, 5) is 16.1. The number of benzene rings is 1. The van der Waals surface area contributed by atoms with Gasteiger partial charge in [-0.2, -0.15) is 0 Å². The van der Waals surface area contributed by atoms with E-state index in [1.165, 1.54) is 12.1 Å². The van der Waals surface area contributed by atoms with Crippen molar-refractivity contribution in [2.75, 3.05) is 0 Å². The van der Waals surface area contributed by atoms with Gasteiger partial charge in [0.05, 0.1) is 18.0 Å². The first-order valence-electron chi connectivity index (χ1n) is 7.56. The fraction of sp³-hybridized carbons (Fsp3) is 0.294. The maximum atomic E-state index is 15.4. The number of carbonyl (C=O) groups is 1. The van der Waals surface area contributed by atoms with E-state index in [9.17, 15) is 18.7 Å². The number of rotatable bonds is 3. The van der Waals surface area contributed by atoms with Crippen LogP contribution in [-0.2, 0) is 17.0 Å². The maximum Gasteiger partial charge on any atom is 0.262 e. The summed E-state index contributed by atoms with van der Waals surface area (Å²) in [5.74, 6) is -2.32. The number of amides is 1. The lowest BCUT2D eigenvalue weighted by Gasteiger charge is -2.32. The molecular formula is C17H14ClF3N2O2. The average Bonchev–Trinajstić information content (AvgIpc) is 2.57. The molecule has 0 spiro atoms. The number of carbonyl (C=O) groups excluding carboxylic acids is 1. The van der Waals surface area contributed by atoms with Gasteiger partial charge in [0.25, 0.3) is 5.91 Å². The average molecular weight is 371 g/mol. The Labute approximate surface area is 146 Å². The highest BCUT2D eigenvalue weighted by Gasteiger charge is 2.47. The van der Waals surface area contributed by atoms with Crippen LogP contribution in [0.4, 0.5) is 13.2 Å². The van der Waals surface area contributed by atoms with Crippen molar-refractivity contribution >= 4 is 17.5 Å². The summed E-state index contributed by atoms with van der Waals surface area (Å²) >= 11 is 5.88. The van der Waals surface area contributed by atoms with Crippen molar-refractivity contribution < 1.29 is 23.1 Å². The number of aromatic nitrogens is 1. The van der Waals surface area contributed by atoms with Crippen LogP contribution in [-0.4, -0.2) is 16.0 Å². The van der Waals surface area contributed by atoms with E-state index in [4.69, 9.17) is 11.6 Å². The van der Waals surface area contributed by atoms with Gasteiger partial charge in [-0.1, -0.05) is 17.7 Å². The third kappa shape index (κ3) is 3.34. The second kappa shape index (κ2) is 6.65. The molecule has 0 fully saturated rings. The molecule has 132 valence electrons. The molecule has 0 aliphatic heterocycles. The number of hydrogen-bond acceptors (Lipinski definition) is 3. The topological polar surface area (TPSA) is 62.2 Å². The summed E-state index contributed by atoms with van der Waals surface area (Å²) in [6, 6.07) is 4.50. The Bertz CT molecular complexity index is 834. The van der Waals surface area contributed by atoms with Gasteiger partial charge in [-0.3, -0.25) is 9.78 Å². The van der Waals surface area contributed by atoms with Crippen molar-refractivity contribution in [1.29, 1.82) is 0 Å². The fourth-order valence-corrected chi connectivity index (χ4v) is 3.09. The van der Waals surface area contributed by atoms with Crippen LogP contribution in [0.3, 0.4) is 0 Å². The quantitative estimate of drug-likeness (QED) is 0.871. The lowest BCUT2D eigenvalue weighted by atomic mass is 9.81. The smallest absolute Gasteiger partial charge is 0.262 e. The van der Waals surface area contributed by atoms with Crippen LogP contribution in [0.5, 0.6) is 0 Å². The van der Waals surface area contributed by atoms with Gasteiger partial charge < -0.3 is 10.4 Å². The van der Waals surface area contributed by atoms with Gasteiger partial charge in [0.15, 0.2) is 0 Å². The van der Waals surface area contributed by atoms with Crippen molar-refractivity contribution in [3.63, 3.8) is 0 Å². The molecule has 2 unspecified atom stereocenters. The lowest BCUT2D eigenvalue weighted by Crippen LogP contribution is -2.44. The highest BCUT2D eigenvalue weighted by atomic mass is 35.5. The Balaban J connectivity index is 1.84. The van der Waals surface area contributed by atoms with Crippen LogP contribution < -0.4 is 5.32 Å². The number of fused-ring (bicyclic) bond motifs is 1. The van der Waals surface area contributed by atoms with E-state index in [0.717, 1.165) is 18.3 Å². The summed E-state index contributed by atoms with van der Waals surface area (Å²) in [6.45, 7) is -0.121. The van der Waals surface area contributed by atoms with Gasteiger partial charge in [0.1, 0.15) is 11.6 Å². The molecule has 1 amide bonds. The van der Waals surface area contributed by atoms with Gasteiger partial charge >= 0.3 is 0 Å². The Morgan fingerprint density at radius 1 is 1.36 bits per heavy atom. The van der Waals surface area contributed by atoms with Crippen LogP contribution in [0.15, 0.2) is 30.5 Å². The molecule has 0 saturated heterocycles. The Kier molecular flexibility index (Phi) is 4.71. The number of halogens is 4. The minimum Gasteiger partial charge on any atom is -0.387 e. The zero-order valence-corrected chi connectivity index (χ0v) is 13.7. The molecule has 1 aromatic carbocycles. The van der Waals surface area contributed by atoms with Gasteiger partial charge in [0, 0.05) is 17.1 Å². The van der Waals surface area contributed by atoms with Crippen molar-refractivity contribution in [2.24, 2.45) is 0 Å². The molecule has 1 aliphatic carbocycles. The number of hydrogen-bond donors (Lipinski definition) is 2. The van der Waals surface area contributed by atoms with E-state index in [2.05, 4.69) is 10.3 Å². The molecule has 0 radical (unpaired) electrons. The minimum absolute atomic E-state index is 0.0210. The number of alkyl halides is 1. The van der Waals surface area contributed by atoms with Crippen molar-refractivity contribution in [2.45, 2.75) is 31.2 Å². The van der Waals surface area contributed by atoms with Crippen molar-refractivity contribution in [3.05, 3.63) is 63.9 Å². The van der Waals surface area contributed by atoms with Crippen LogP contribution in [0, 0.1) is 11.6 Å². The first-order chi connectivity index (χ1) is 11.8. The number of nitrogens with zero attached hydrogens (tertiary/aromatic N) is 1. The third-order valence-corrected chi connectivity index (χ3v) is 4.56. The SMILES string of the molecule is O=C(NCc1ccc(F)cc1Cl)C1(F)CCC(O)c2ncc(F)cc21. The Morgan fingerprint density at radius 2 is 2.12 bits per heavy atom. The lowest BCUT2D eigenvalue weighted by molar-refractivity contribution is -0.135. The molecule has 0 saturated carbocycles. The molecule has 0 bridgehead atoms. The number of aliphatic hydroxyl groups excluding tert-OH is 1. The van der Waals surface area contributed by atoms with E-state index < -0.39 is 29.3 Å². The molecule has 2 atom stereocenters. The molecule has 2 aromatic rings. The second-order valence-corrected chi connectivity index (χ2v) is 6.27. The van der Waals surface area contributed by atoms with E-state index in [-0.39, 0.29) is 35.7 Å². The zero-order chi connectivity index (χ0) is 18.2. The molecule has 4 nitrogen and oxygen atoms in total. The number of aliphatic hydroxyl groups is 1. The maximum absolute atomic E-state index is 15.4. The zero-order valence-electron chi connectivity index (χ0n) is 12.9. The van der Waals surface area contributed by atoms with Crippen molar-refractivity contribution in [3.8, 4) is 0 Å². The molecular weight excluding hydrogens is 357 g/mol. The van der Waals surface area contributed by atoms with Crippen LogP contribution in [0.2, 0.25) is 5.02 Å². The van der Waals surface area contributed by atoms with Gasteiger partial charge in [0.2, 0.25) is 5.67 Å². The fourth-order valence-electron chi connectivity index (χ4n) is 2.86.